The minimum atomic E-state index is -0.659. The molecule has 24 heavy (non-hydrogen) atoms. The van der Waals surface area contributed by atoms with Crippen molar-refractivity contribution in [2.45, 2.75) is 0 Å². The zero-order chi connectivity index (χ0) is 17.4. The Hall–Kier alpha value is -2.57. The number of aromatic nitrogens is 2. The molecule has 0 aliphatic heterocycles. The van der Waals surface area contributed by atoms with Crippen LogP contribution in [0.1, 0.15) is 10.4 Å². The van der Waals surface area contributed by atoms with Crippen molar-refractivity contribution < 1.29 is 9.53 Å². The third kappa shape index (κ3) is 2.70. The summed E-state index contributed by atoms with van der Waals surface area (Å²) in [4.78, 5) is 39.1. The number of nitrogens with zero attached hydrogens (tertiary/aromatic N) is 1. The summed E-state index contributed by atoms with van der Waals surface area (Å²) in [7, 11) is 1.25. The average molecular weight is 365 g/mol. The van der Waals surface area contributed by atoms with Gasteiger partial charge in [0.05, 0.1) is 39.3 Å². The fourth-order valence-electron chi connectivity index (χ4n) is 2.32. The van der Waals surface area contributed by atoms with Crippen molar-refractivity contribution >= 4 is 40.1 Å². The summed E-state index contributed by atoms with van der Waals surface area (Å²) >= 11 is 11.8. The maximum atomic E-state index is 12.6. The monoisotopic (exact) mass is 364 g/mol. The topological polar surface area (TPSA) is 81.2 Å². The average Bonchev–Trinajstić information content (AvgIpc) is 2.56. The van der Waals surface area contributed by atoms with Gasteiger partial charge in [0.15, 0.2) is 0 Å². The van der Waals surface area contributed by atoms with Crippen molar-refractivity contribution in [2.24, 2.45) is 0 Å². The van der Waals surface area contributed by atoms with Crippen molar-refractivity contribution in [3.63, 3.8) is 0 Å². The number of rotatable bonds is 2. The highest BCUT2D eigenvalue weighted by Gasteiger charge is 2.13. The molecular weight excluding hydrogens is 355 g/mol. The molecule has 0 saturated heterocycles. The van der Waals surface area contributed by atoms with Gasteiger partial charge in [-0.15, -0.1) is 0 Å². The van der Waals surface area contributed by atoms with Crippen molar-refractivity contribution in [3.05, 3.63) is 72.8 Å². The first-order valence-corrected chi connectivity index (χ1v) is 7.51. The molecule has 0 aliphatic rings. The number of nitrogens with one attached hydrogen (secondary N) is 1. The lowest BCUT2D eigenvalue weighted by molar-refractivity contribution is 0.0601. The molecule has 0 unspecified atom stereocenters. The molecule has 0 fully saturated rings. The van der Waals surface area contributed by atoms with E-state index in [1.165, 1.54) is 43.5 Å². The van der Waals surface area contributed by atoms with E-state index in [1.807, 2.05) is 0 Å². The Kier molecular flexibility index (Phi) is 4.17. The van der Waals surface area contributed by atoms with E-state index in [2.05, 4.69) is 9.72 Å². The predicted molar refractivity (Wildman–Crippen MR) is 91.5 cm³/mol. The van der Waals surface area contributed by atoms with Crippen LogP contribution in [0.3, 0.4) is 0 Å². The number of hydrogen-bond acceptors (Lipinski definition) is 4. The lowest BCUT2D eigenvalue weighted by atomic mass is 10.1. The van der Waals surface area contributed by atoms with Gasteiger partial charge in [-0.25, -0.2) is 14.2 Å². The number of carbonyl (C=O) groups is 1. The largest absolute Gasteiger partial charge is 0.465 e. The molecule has 8 heteroatoms. The zero-order valence-electron chi connectivity index (χ0n) is 12.3. The van der Waals surface area contributed by atoms with Crippen molar-refractivity contribution in [3.8, 4) is 5.69 Å². The number of ether oxygens (including phenoxy) is 1. The summed E-state index contributed by atoms with van der Waals surface area (Å²) in [5, 5.41) is 0.781. The van der Waals surface area contributed by atoms with Crippen LogP contribution in [0.25, 0.3) is 16.6 Å². The number of halogens is 2. The summed E-state index contributed by atoms with van der Waals surface area (Å²) in [5.41, 5.74) is -0.442. The lowest BCUT2D eigenvalue weighted by Gasteiger charge is -2.08. The molecule has 0 atom stereocenters. The number of benzene rings is 2. The Morgan fingerprint density at radius 3 is 2.50 bits per heavy atom. The number of carbonyl (C=O) groups excluding carboxylic acids is 1. The molecule has 1 N–H and O–H groups in total. The van der Waals surface area contributed by atoms with Gasteiger partial charge in [0.1, 0.15) is 0 Å². The maximum absolute atomic E-state index is 12.6. The Morgan fingerprint density at radius 2 is 1.83 bits per heavy atom. The van der Waals surface area contributed by atoms with Crippen LogP contribution in [-0.2, 0) is 4.74 Å². The molecule has 1 aromatic heterocycles. The van der Waals surface area contributed by atoms with E-state index < -0.39 is 17.2 Å². The highest BCUT2D eigenvalue weighted by molar-refractivity contribution is 6.42. The quantitative estimate of drug-likeness (QED) is 0.708. The van der Waals surface area contributed by atoms with E-state index in [0.717, 1.165) is 4.57 Å². The van der Waals surface area contributed by atoms with E-state index in [0.29, 0.717) is 5.02 Å². The molecule has 0 radical (unpaired) electrons. The first-order chi connectivity index (χ1) is 11.4. The Balaban J connectivity index is 2.28. The molecule has 6 nitrogen and oxygen atoms in total. The summed E-state index contributed by atoms with van der Waals surface area (Å²) in [5.74, 6) is -0.564. The maximum Gasteiger partial charge on any atom is 0.337 e. The summed E-state index contributed by atoms with van der Waals surface area (Å²) in [6.45, 7) is 0. The standard InChI is InChI=1S/C16H10Cl2N2O4/c1-24-15(22)8-2-4-10-13(6-8)19-16(23)20(14(10)21)9-3-5-11(17)12(18)7-9/h2-7H,1H3,(H,19,23). The third-order valence-electron chi connectivity index (χ3n) is 3.48. The van der Waals surface area contributed by atoms with E-state index in [-0.39, 0.29) is 27.2 Å². The van der Waals surface area contributed by atoms with Crippen LogP contribution >= 0.6 is 23.2 Å². The van der Waals surface area contributed by atoms with Gasteiger partial charge in [0, 0.05) is 0 Å². The second-order valence-corrected chi connectivity index (χ2v) is 5.74. The van der Waals surface area contributed by atoms with Gasteiger partial charge in [-0.1, -0.05) is 23.2 Å². The zero-order valence-corrected chi connectivity index (χ0v) is 13.8. The third-order valence-corrected chi connectivity index (χ3v) is 4.22. The van der Waals surface area contributed by atoms with E-state index in [1.54, 1.807) is 0 Å². The van der Waals surface area contributed by atoms with E-state index in [4.69, 9.17) is 23.2 Å². The van der Waals surface area contributed by atoms with Crippen LogP contribution < -0.4 is 11.2 Å². The van der Waals surface area contributed by atoms with Gasteiger partial charge in [-0.05, 0) is 36.4 Å². The van der Waals surface area contributed by atoms with Gasteiger partial charge in [-0.2, -0.15) is 0 Å². The summed E-state index contributed by atoms with van der Waals surface area (Å²) in [6.07, 6.45) is 0. The smallest absolute Gasteiger partial charge is 0.337 e. The van der Waals surface area contributed by atoms with Crippen LogP contribution in [0.4, 0.5) is 0 Å². The Morgan fingerprint density at radius 1 is 1.08 bits per heavy atom. The van der Waals surface area contributed by atoms with Crippen molar-refractivity contribution in [1.29, 1.82) is 0 Å². The van der Waals surface area contributed by atoms with E-state index >= 15 is 0 Å². The number of fused-ring (bicyclic) bond motifs is 1. The van der Waals surface area contributed by atoms with Gasteiger partial charge in [0.2, 0.25) is 0 Å². The fourth-order valence-corrected chi connectivity index (χ4v) is 2.61. The molecule has 1 heterocycles. The van der Waals surface area contributed by atoms with Crippen LogP contribution in [0.2, 0.25) is 10.0 Å². The highest BCUT2D eigenvalue weighted by atomic mass is 35.5. The molecule has 0 aliphatic carbocycles. The van der Waals surface area contributed by atoms with Gasteiger partial charge in [0.25, 0.3) is 5.56 Å². The highest BCUT2D eigenvalue weighted by Crippen LogP contribution is 2.23. The minimum absolute atomic E-state index is 0.224. The van der Waals surface area contributed by atoms with Crippen molar-refractivity contribution in [1.82, 2.24) is 9.55 Å². The molecule has 0 bridgehead atoms. The molecule has 122 valence electrons. The first kappa shape index (κ1) is 16.3. The fraction of sp³-hybridized carbons (Fsp3) is 0.0625. The molecule has 2 aromatic carbocycles. The molecular formula is C16H10Cl2N2O4. The van der Waals surface area contributed by atoms with Crippen LogP contribution in [-0.4, -0.2) is 22.6 Å². The molecule has 0 spiro atoms. The SMILES string of the molecule is COC(=O)c1ccc2c(=O)n(-c3ccc(Cl)c(Cl)c3)c(=O)[nH]c2c1. The second-order valence-electron chi connectivity index (χ2n) is 4.92. The number of H-pyrrole nitrogens is 1. The van der Waals surface area contributed by atoms with Gasteiger partial charge >= 0.3 is 11.7 Å². The molecule has 3 rings (SSSR count). The molecule has 0 amide bonds. The van der Waals surface area contributed by atoms with Crippen LogP contribution in [0.5, 0.6) is 0 Å². The minimum Gasteiger partial charge on any atom is -0.465 e. The number of methoxy groups -OCH3 is 1. The first-order valence-electron chi connectivity index (χ1n) is 6.75. The summed E-state index contributed by atoms with van der Waals surface area (Å²) in [6, 6.07) is 8.73. The Bertz CT molecular complexity index is 1090. The summed E-state index contributed by atoms with van der Waals surface area (Å²) < 4.78 is 5.57. The van der Waals surface area contributed by atoms with Gasteiger partial charge in [-0.3, -0.25) is 4.79 Å². The van der Waals surface area contributed by atoms with Crippen molar-refractivity contribution in [2.75, 3.05) is 7.11 Å². The molecule has 0 saturated carbocycles. The lowest BCUT2D eigenvalue weighted by Crippen LogP contribution is -2.33. The van der Waals surface area contributed by atoms with E-state index in [9.17, 15) is 14.4 Å². The second kappa shape index (κ2) is 6.14. The number of hydrogen-bond donors (Lipinski definition) is 1. The van der Waals surface area contributed by atoms with Crippen LogP contribution in [0, 0.1) is 0 Å². The Labute approximate surface area is 145 Å². The van der Waals surface area contributed by atoms with Crippen LogP contribution in [0.15, 0.2) is 46.0 Å². The molecule has 3 aromatic rings. The predicted octanol–water partition coefficient (Wildman–Crippen LogP) is 2.77. The van der Waals surface area contributed by atoms with Gasteiger partial charge < -0.3 is 9.72 Å². The normalized spacial score (nSPS) is 10.8. The number of aromatic amines is 1. The number of esters is 1.